The van der Waals surface area contributed by atoms with Crippen LogP contribution in [0.3, 0.4) is 0 Å². The van der Waals surface area contributed by atoms with E-state index in [1.54, 1.807) is 30.3 Å². The molecule has 0 unspecified atom stereocenters. The normalized spacial score (nSPS) is 9.94. The molecule has 0 aliphatic carbocycles. The van der Waals surface area contributed by atoms with E-state index in [-0.39, 0.29) is 5.56 Å². The Labute approximate surface area is 103 Å². The summed E-state index contributed by atoms with van der Waals surface area (Å²) < 4.78 is 0. The highest BCUT2D eigenvalue weighted by molar-refractivity contribution is 6.30. The molecule has 2 N–H and O–H groups in total. The molecule has 1 aromatic carbocycles. The van der Waals surface area contributed by atoms with E-state index in [0.717, 1.165) is 0 Å². The van der Waals surface area contributed by atoms with Crippen molar-refractivity contribution in [2.75, 3.05) is 5.32 Å². The minimum Gasteiger partial charge on any atom is -0.478 e. The van der Waals surface area contributed by atoms with Crippen molar-refractivity contribution < 1.29 is 9.90 Å². The van der Waals surface area contributed by atoms with Crippen LogP contribution in [0.2, 0.25) is 5.02 Å². The van der Waals surface area contributed by atoms with Gasteiger partial charge in [-0.05, 0) is 30.3 Å². The Bertz CT molecular complexity index is 558. The van der Waals surface area contributed by atoms with Crippen molar-refractivity contribution in [3.05, 3.63) is 53.2 Å². The molecular formula is C12H9ClN2O2. The maximum Gasteiger partial charge on any atom is 0.339 e. The number of rotatable bonds is 3. The van der Waals surface area contributed by atoms with Crippen LogP contribution in [0.25, 0.3) is 0 Å². The third-order valence-electron chi connectivity index (χ3n) is 2.13. The summed E-state index contributed by atoms with van der Waals surface area (Å²) >= 11 is 5.84. The molecule has 86 valence electrons. The standard InChI is InChI=1S/C12H9ClN2O2/c13-8-3-1-4-9(7-8)15-11-10(12(16)17)5-2-6-14-11/h1-7H,(H,14,15)(H,16,17)/i1+2,3+2,4+2,7+2,8+2,9+2. The van der Waals surface area contributed by atoms with Crippen LogP contribution in [-0.2, 0) is 0 Å². The van der Waals surface area contributed by atoms with E-state index < -0.39 is 5.97 Å². The summed E-state index contributed by atoms with van der Waals surface area (Å²) in [4.78, 5) is 15.0. The second-order valence-corrected chi connectivity index (χ2v) is 3.78. The maximum absolute atomic E-state index is 11.0. The first-order chi connectivity index (χ1) is 8.16. The minimum absolute atomic E-state index is 0.118. The molecule has 1 aromatic heterocycles. The fourth-order valence-electron chi connectivity index (χ4n) is 1.38. The Kier molecular flexibility index (Phi) is 3.25. The Morgan fingerprint density at radius 1 is 1.53 bits per heavy atom. The van der Waals surface area contributed by atoms with Gasteiger partial charge in [-0.15, -0.1) is 0 Å². The number of aromatic nitrogens is 1. The number of nitrogens with zero attached hydrogens (tertiary/aromatic N) is 1. The van der Waals surface area contributed by atoms with Crippen molar-refractivity contribution in [1.82, 2.24) is 4.98 Å². The van der Waals surface area contributed by atoms with E-state index in [1.807, 2.05) is 0 Å². The van der Waals surface area contributed by atoms with Gasteiger partial charge in [0.15, 0.2) is 0 Å². The van der Waals surface area contributed by atoms with Gasteiger partial charge >= 0.3 is 5.97 Å². The number of hydrogen-bond acceptors (Lipinski definition) is 3. The summed E-state index contributed by atoms with van der Waals surface area (Å²) in [7, 11) is 0. The lowest BCUT2D eigenvalue weighted by atomic mass is 10.2. The van der Waals surface area contributed by atoms with Crippen molar-refractivity contribution in [2.24, 2.45) is 0 Å². The second-order valence-electron chi connectivity index (χ2n) is 3.34. The quantitative estimate of drug-likeness (QED) is 0.890. The summed E-state index contributed by atoms with van der Waals surface area (Å²) in [5, 5.41) is 12.5. The van der Waals surface area contributed by atoms with Gasteiger partial charge < -0.3 is 10.4 Å². The highest BCUT2D eigenvalue weighted by atomic mass is 35.5. The van der Waals surface area contributed by atoms with Gasteiger partial charge in [-0.1, -0.05) is 17.7 Å². The highest BCUT2D eigenvalue weighted by Gasteiger charge is 2.10. The molecule has 0 amide bonds. The molecule has 4 nitrogen and oxygen atoms in total. The van der Waals surface area contributed by atoms with Gasteiger partial charge in [0, 0.05) is 16.9 Å². The molecular weight excluding hydrogens is 252 g/mol. The van der Waals surface area contributed by atoms with Crippen LogP contribution in [0.5, 0.6) is 0 Å². The summed E-state index contributed by atoms with van der Waals surface area (Å²) in [6, 6.07) is 10.1. The van der Waals surface area contributed by atoms with Crippen molar-refractivity contribution >= 4 is 29.1 Å². The molecule has 1 heterocycles. The number of pyridine rings is 1. The zero-order valence-electron chi connectivity index (χ0n) is 8.72. The van der Waals surface area contributed by atoms with Crippen LogP contribution in [0.4, 0.5) is 11.5 Å². The lowest BCUT2D eigenvalue weighted by molar-refractivity contribution is 0.0697. The van der Waals surface area contributed by atoms with Crippen LogP contribution in [0.15, 0.2) is 42.6 Å². The van der Waals surface area contributed by atoms with Gasteiger partial charge in [-0.3, -0.25) is 0 Å². The SMILES string of the molecule is O=C(O)c1cccnc1N[14c]1[14cH][14cH][14cH][14c](Cl)[14cH]1. The van der Waals surface area contributed by atoms with E-state index in [9.17, 15) is 4.79 Å². The third kappa shape index (κ3) is 2.73. The number of carboxylic acids is 1. The molecule has 0 radical (unpaired) electrons. The summed E-state index contributed by atoms with van der Waals surface area (Å²) in [6.45, 7) is 0. The van der Waals surface area contributed by atoms with Crippen molar-refractivity contribution in [1.29, 1.82) is 0 Å². The predicted molar refractivity (Wildman–Crippen MR) is 65.9 cm³/mol. The van der Waals surface area contributed by atoms with E-state index in [1.165, 1.54) is 12.3 Å². The van der Waals surface area contributed by atoms with E-state index in [2.05, 4.69) is 10.3 Å². The number of halogens is 1. The first-order valence-corrected chi connectivity index (χ1v) is 5.25. The molecule has 2 aromatic rings. The minimum atomic E-state index is -1.03. The average molecular weight is 261 g/mol. The Hall–Kier alpha value is -2.07. The molecule has 0 bridgehead atoms. The van der Waals surface area contributed by atoms with Gasteiger partial charge in [-0.2, -0.15) is 0 Å². The molecule has 5 heteroatoms. The molecule has 0 aliphatic rings. The lowest BCUT2D eigenvalue weighted by Crippen LogP contribution is -2.04. The van der Waals surface area contributed by atoms with E-state index in [4.69, 9.17) is 16.7 Å². The van der Waals surface area contributed by atoms with Crippen molar-refractivity contribution in [3.63, 3.8) is 0 Å². The van der Waals surface area contributed by atoms with Crippen LogP contribution in [0, 0.1) is 0 Å². The summed E-state index contributed by atoms with van der Waals surface area (Å²) in [5.41, 5.74) is 0.811. The Morgan fingerprint density at radius 3 is 3.06 bits per heavy atom. The van der Waals surface area contributed by atoms with Crippen molar-refractivity contribution in [2.45, 2.75) is 0 Å². The van der Waals surface area contributed by atoms with Gasteiger partial charge in [0.2, 0.25) is 0 Å². The molecule has 0 saturated heterocycles. The fourth-order valence-corrected chi connectivity index (χ4v) is 1.57. The first kappa shape index (κ1) is 11.4. The van der Waals surface area contributed by atoms with Crippen LogP contribution >= 0.6 is 11.6 Å². The fraction of sp³-hybridized carbons (Fsp3) is 0. The molecule has 0 aliphatic heterocycles. The number of aromatic carboxylic acids is 1. The van der Waals surface area contributed by atoms with Gasteiger partial charge in [-0.25, -0.2) is 9.78 Å². The van der Waals surface area contributed by atoms with Gasteiger partial charge in [0.05, 0.1) is 0 Å². The number of nitrogens with one attached hydrogen (secondary N) is 1. The Balaban J connectivity index is 2.33. The van der Waals surface area contributed by atoms with E-state index in [0.29, 0.717) is 16.5 Å². The smallest absolute Gasteiger partial charge is 0.339 e. The van der Waals surface area contributed by atoms with Crippen molar-refractivity contribution in [3.8, 4) is 0 Å². The zero-order chi connectivity index (χ0) is 12.3. The third-order valence-corrected chi connectivity index (χ3v) is 2.36. The summed E-state index contributed by atoms with van der Waals surface area (Å²) in [6.07, 6.45) is 1.53. The Morgan fingerprint density at radius 2 is 2.35 bits per heavy atom. The number of carbonyl (C=O) groups is 1. The first-order valence-electron chi connectivity index (χ1n) is 4.88. The molecule has 0 spiro atoms. The average Bonchev–Trinajstić information content (AvgIpc) is 2.29. The molecule has 2 rings (SSSR count). The zero-order valence-corrected chi connectivity index (χ0v) is 9.48. The highest BCUT2D eigenvalue weighted by Crippen LogP contribution is 2.21. The second kappa shape index (κ2) is 4.84. The number of benzene rings is 1. The monoisotopic (exact) mass is 260 g/mol. The van der Waals surface area contributed by atoms with Crippen LogP contribution in [0.1, 0.15) is 10.4 Å². The lowest BCUT2D eigenvalue weighted by Gasteiger charge is -2.08. The predicted octanol–water partition coefficient (Wildman–Crippen LogP) is 3.18. The van der Waals surface area contributed by atoms with Gasteiger partial charge in [0.1, 0.15) is 11.4 Å². The van der Waals surface area contributed by atoms with Crippen LogP contribution < -0.4 is 5.32 Å². The van der Waals surface area contributed by atoms with Gasteiger partial charge in [0.25, 0.3) is 0 Å². The maximum atomic E-state index is 11.0. The number of anilines is 2. The molecule has 0 fully saturated rings. The summed E-state index contributed by atoms with van der Waals surface area (Å²) in [5.74, 6) is -0.732. The van der Waals surface area contributed by atoms with E-state index >= 15 is 0 Å². The number of carboxylic acid groups (broad SMARTS) is 1. The molecule has 0 saturated carbocycles. The molecule has 17 heavy (non-hydrogen) atoms. The number of hydrogen-bond donors (Lipinski definition) is 2. The largest absolute Gasteiger partial charge is 0.478 e. The van der Waals surface area contributed by atoms with Crippen LogP contribution in [-0.4, -0.2) is 16.1 Å². The molecule has 0 atom stereocenters. The topological polar surface area (TPSA) is 62.2 Å².